The lowest BCUT2D eigenvalue weighted by Gasteiger charge is -2.69. The third kappa shape index (κ3) is 3.54. The SMILES string of the molecule is C=C(CC[C@@](C)(O)[C@H]1CC[C@@]2(C)[C@@H]1CC[C@H]1[C@]3(C)CCC(=O)C(C)(C)[C@H]3CC[C@@]12C)C(C)C. The first kappa shape index (κ1) is 25.5. The van der Waals surface area contributed by atoms with Gasteiger partial charge in [0, 0.05) is 11.8 Å². The van der Waals surface area contributed by atoms with Crippen LogP contribution in [0.3, 0.4) is 0 Å². The van der Waals surface area contributed by atoms with Crippen molar-refractivity contribution in [3.63, 3.8) is 0 Å². The van der Waals surface area contributed by atoms with Crippen LogP contribution in [-0.2, 0) is 4.79 Å². The van der Waals surface area contributed by atoms with E-state index in [1.165, 1.54) is 37.7 Å². The van der Waals surface area contributed by atoms with Crippen LogP contribution in [0.2, 0.25) is 0 Å². The van der Waals surface area contributed by atoms with Crippen molar-refractivity contribution in [3.8, 4) is 0 Å². The molecule has 33 heavy (non-hydrogen) atoms. The predicted octanol–water partition coefficient (Wildman–Crippen LogP) is 7.98. The fraction of sp³-hybridized carbons (Fsp3) is 0.903. The highest BCUT2D eigenvalue weighted by Crippen LogP contribution is 2.75. The summed E-state index contributed by atoms with van der Waals surface area (Å²) in [7, 11) is 0. The number of ketones is 1. The average Bonchev–Trinajstić information content (AvgIpc) is 3.08. The van der Waals surface area contributed by atoms with Gasteiger partial charge in [0.05, 0.1) is 5.60 Å². The van der Waals surface area contributed by atoms with E-state index in [-0.39, 0.29) is 10.8 Å². The number of hydrogen-bond acceptors (Lipinski definition) is 2. The molecule has 0 aliphatic heterocycles. The Hall–Kier alpha value is -0.630. The molecule has 0 heterocycles. The van der Waals surface area contributed by atoms with Crippen molar-refractivity contribution in [3.05, 3.63) is 12.2 Å². The Kier molecular flexibility index (Phi) is 6.13. The van der Waals surface area contributed by atoms with E-state index in [9.17, 15) is 9.90 Å². The summed E-state index contributed by atoms with van der Waals surface area (Å²) in [5.74, 6) is 3.21. The van der Waals surface area contributed by atoms with Crippen molar-refractivity contribution < 1.29 is 9.90 Å². The minimum atomic E-state index is -0.607. The van der Waals surface area contributed by atoms with Crippen molar-refractivity contribution in [2.75, 3.05) is 0 Å². The van der Waals surface area contributed by atoms with Crippen molar-refractivity contribution in [1.82, 2.24) is 0 Å². The third-order valence-corrected chi connectivity index (χ3v) is 12.7. The molecule has 0 amide bonds. The molecule has 0 saturated heterocycles. The van der Waals surface area contributed by atoms with Crippen LogP contribution in [0.4, 0.5) is 0 Å². The first-order valence-electron chi connectivity index (χ1n) is 14.0. The van der Waals surface area contributed by atoms with Crippen molar-refractivity contribution in [1.29, 1.82) is 0 Å². The molecule has 1 N–H and O–H groups in total. The summed E-state index contributed by atoms with van der Waals surface area (Å²) in [5.41, 5.74) is 1.36. The number of aliphatic hydroxyl groups is 1. The first-order valence-corrected chi connectivity index (χ1v) is 14.0. The minimum Gasteiger partial charge on any atom is -0.390 e. The van der Waals surface area contributed by atoms with Gasteiger partial charge in [-0.3, -0.25) is 4.79 Å². The molecule has 4 saturated carbocycles. The monoisotopic (exact) mass is 456 g/mol. The van der Waals surface area contributed by atoms with Gasteiger partial charge in [0.1, 0.15) is 5.78 Å². The zero-order valence-corrected chi connectivity index (χ0v) is 23.0. The van der Waals surface area contributed by atoms with Crippen LogP contribution < -0.4 is 0 Å². The van der Waals surface area contributed by atoms with Crippen LogP contribution in [-0.4, -0.2) is 16.5 Å². The zero-order valence-electron chi connectivity index (χ0n) is 23.0. The molecule has 4 aliphatic rings. The molecule has 0 aromatic carbocycles. The molecule has 0 unspecified atom stereocenters. The molecule has 4 rings (SSSR count). The summed E-state index contributed by atoms with van der Waals surface area (Å²) in [6.07, 6.45) is 11.0. The van der Waals surface area contributed by atoms with Crippen molar-refractivity contribution in [2.24, 2.45) is 51.2 Å². The third-order valence-electron chi connectivity index (χ3n) is 12.7. The van der Waals surface area contributed by atoms with Gasteiger partial charge in [-0.05, 0) is 111 Å². The molecule has 2 nitrogen and oxygen atoms in total. The van der Waals surface area contributed by atoms with E-state index in [1.54, 1.807) is 0 Å². The van der Waals surface area contributed by atoms with E-state index in [0.717, 1.165) is 32.1 Å². The maximum atomic E-state index is 12.9. The topological polar surface area (TPSA) is 37.3 Å². The lowest BCUT2D eigenvalue weighted by Crippen LogP contribution is -2.63. The Morgan fingerprint density at radius 2 is 1.64 bits per heavy atom. The smallest absolute Gasteiger partial charge is 0.138 e. The standard InChI is InChI=1S/C31H52O2/c1-20(2)21(3)12-19-31(9,33)23-13-17-29(7)22(23)10-11-25-28(6)16-15-26(32)27(4,5)24(28)14-18-30(25,29)8/h20,22-25,33H,3,10-19H2,1-2,4-9H3/t22-,23+,24-,25+,28-,29+,30+,31-/m1/s1. The quantitative estimate of drug-likeness (QED) is 0.426. The number of rotatable bonds is 5. The summed E-state index contributed by atoms with van der Waals surface area (Å²) in [4.78, 5) is 12.9. The summed E-state index contributed by atoms with van der Waals surface area (Å²) >= 11 is 0. The van der Waals surface area contributed by atoms with E-state index in [2.05, 4.69) is 62.0 Å². The molecule has 2 heteroatoms. The highest BCUT2D eigenvalue weighted by molar-refractivity contribution is 5.85. The summed E-state index contributed by atoms with van der Waals surface area (Å²) in [6, 6.07) is 0. The highest BCUT2D eigenvalue weighted by Gasteiger charge is 2.69. The first-order chi connectivity index (χ1) is 15.1. The zero-order chi connectivity index (χ0) is 24.6. The average molecular weight is 457 g/mol. The van der Waals surface area contributed by atoms with E-state index in [4.69, 9.17) is 0 Å². The van der Waals surface area contributed by atoms with E-state index < -0.39 is 5.60 Å². The lowest BCUT2D eigenvalue weighted by molar-refractivity contribution is -0.207. The molecular weight excluding hydrogens is 404 g/mol. The largest absolute Gasteiger partial charge is 0.390 e. The second kappa shape index (κ2) is 7.94. The Morgan fingerprint density at radius 3 is 2.27 bits per heavy atom. The van der Waals surface area contributed by atoms with Gasteiger partial charge in [-0.15, -0.1) is 0 Å². The van der Waals surface area contributed by atoms with E-state index in [0.29, 0.717) is 46.2 Å². The van der Waals surface area contributed by atoms with Gasteiger partial charge in [0.2, 0.25) is 0 Å². The Balaban J connectivity index is 1.60. The number of carbonyl (C=O) groups is 1. The van der Waals surface area contributed by atoms with Gasteiger partial charge in [-0.1, -0.05) is 60.6 Å². The van der Waals surface area contributed by atoms with Gasteiger partial charge in [0.25, 0.3) is 0 Å². The Morgan fingerprint density at radius 1 is 1.00 bits per heavy atom. The fourth-order valence-electron chi connectivity index (χ4n) is 10.2. The summed E-state index contributed by atoms with van der Waals surface area (Å²) < 4.78 is 0. The van der Waals surface area contributed by atoms with Crippen LogP contribution in [0.1, 0.15) is 120 Å². The second-order valence-corrected chi connectivity index (χ2v) is 14.6. The van der Waals surface area contributed by atoms with Crippen LogP contribution in [0.5, 0.6) is 0 Å². The molecule has 0 aromatic heterocycles. The van der Waals surface area contributed by atoms with Gasteiger partial charge in [-0.2, -0.15) is 0 Å². The van der Waals surface area contributed by atoms with Crippen LogP contribution in [0.15, 0.2) is 12.2 Å². The lowest BCUT2D eigenvalue weighted by atomic mass is 9.35. The number of allylic oxidation sites excluding steroid dienone is 1. The van der Waals surface area contributed by atoms with Gasteiger partial charge < -0.3 is 5.11 Å². The molecule has 4 fully saturated rings. The highest BCUT2D eigenvalue weighted by atomic mass is 16.3. The van der Waals surface area contributed by atoms with Gasteiger partial charge >= 0.3 is 0 Å². The van der Waals surface area contributed by atoms with Crippen LogP contribution in [0.25, 0.3) is 0 Å². The summed E-state index contributed by atoms with van der Waals surface area (Å²) in [5, 5.41) is 11.7. The minimum absolute atomic E-state index is 0.174. The number of fused-ring (bicyclic) bond motifs is 5. The number of carbonyl (C=O) groups excluding carboxylic acids is 1. The molecule has 0 radical (unpaired) electrons. The van der Waals surface area contributed by atoms with Gasteiger partial charge in [-0.25, -0.2) is 0 Å². The Labute approximate surface area is 204 Å². The fourth-order valence-corrected chi connectivity index (χ4v) is 10.2. The molecule has 188 valence electrons. The number of Topliss-reactive ketones (excluding diaryl/α,β-unsaturated/α-hetero) is 1. The van der Waals surface area contributed by atoms with E-state index in [1.807, 2.05) is 0 Å². The van der Waals surface area contributed by atoms with Crippen molar-refractivity contribution >= 4 is 5.78 Å². The maximum absolute atomic E-state index is 12.9. The molecule has 4 aliphatic carbocycles. The van der Waals surface area contributed by atoms with E-state index >= 15 is 0 Å². The number of hydrogen-bond donors (Lipinski definition) is 1. The molecule has 0 spiro atoms. The summed E-state index contributed by atoms with van der Waals surface area (Å²) in [6.45, 7) is 23.1. The molecule has 0 bridgehead atoms. The second-order valence-electron chi connectivity index (χ2n) is 14.6. The molecule has 8 atom stereocenters. The predicted molar refractivity (Wildman–Crippen MR) is 138 cm³/mol. The van der Waals surface area contributed by atoms with Crippen molar-refractivity contribution in [2.45, 2.75) is 125 Å². The van der Waals surface area contributed by atoms with Crippen LogP contribution >= 0.6 is 0 Å². The molecule has 0 aromatic rings. The van der Waals surface area contributed by atoms with Gasteiger partial charge in [0.15, 0.2) is 0 Å². The maximum Gasteiger partial charge on any atom is 0.138 e. The molecular formula is C31H52O2. The van der Waals surface area contributed by atoms with Crippen LogP contribution in [0, 0.1) is 51.2 Å². The Bertz CT molecular complexity index is 806. The normalized spacial score (nSPS) is 46.3.